The third-order valence-electron chi connectivity index (χ3n) is 3.56. The zero-order valence-corrected chi connectivity index (χ0v) is 12.5. The summed E-state index contributed by atoms with van der Waals surface area (Å²) in [5, 5.41) is 0. The number of carbonyl (C=O) groups is 1. The van der Waals surface area contributed by atoms with Crippen molar-refractivity contribution in [1.29, 1.82) is 0 Å². The molecule has 1 aliphatic carbocycles. The lowest BCUT2D eigenvalue weighted by molar-refractivity contribution is -0.136. The molecule has 0 aromatic rings. The first-order valence-electron chi connectivity index (χ1n) is 6.84. The van der Waals surface area contributed by atoms with E-state index < -0.39 is 0 Å². The van der Waals surface area contributed by atoms with Crippen LogP contribution in [0.4, 0.5) is 0 Å². The molecular formula is C13H25N3OS. The standard InChI is InChI=1S/C13H25N3OS/c1-4-15(5-2)13(17)10(3)16(11-6-7-11)9-8-12(14)18/h10-11H,4-9H2,1-3H3,(H2,14,18). The van der Waals surface area contributed by atoms with Gasteiger partial charge in [-0.2, -0.15) is 0 Å². The van der Waals surface area contributed by atoms with E-state index in [1.165, 1.54) is 12.8 Å². The zero-order valence-electron chi connectivity index (χ0n) is 11.7. The molecule has 0 aromatic carbocycles. The van der Waals surface area contributed by atoms with Gasteiger partial charge in [0, 0.05) is 32.1 Å². The van der Waals surface area contributed by atoms with Crippen molar-refractivity contribution in [3.63, 3.8) is 0 Å². The van der Waals surface area contributed by atoms with Crippen molar-refractivity contribution < 1.29 is 4.79 Å². The molecule has 0 spiro atoms. The van der Waals surface area contributed by atoms with Crippen LogP contribution >= 0.6 is 12.2 Å². The molecule has 1 aliphatic rings. The first-order valence-corrected chi connectivity index (χ1v) is 7.24. The van der Waals surface area contributed by atoms with Gasteiger partial charge in [0.25, 0.3) is 0 Å². The Kier molecular flexibility index (Phi) is 6.02. The molecule has 18 heavy (non-hydrogen) atoms. The molecule has 0 saturated heterocycles. The molecule has 104 valence electrons. The summed E-state index contributed by atoms with van der Waals surface area (Å²) in [6, 6.07) is 0.487. The quantitative estimate of drug-likeness (QED) is 0.678. The maximum absolute atomic E-state index is 12.3. The van der Waals surface area contributed by atoms with Gasteiger partial charge in [-0.1, -0.05) is 12.2 Å². The molecule has 1 unspecified atom stereocenters. The monoisotopic (exact) mass is 271 g/mol. The second-order valence-corrected chi connectivity index (χ2v) is 5.40. The van der Waals surface area contributed by atoms with Crippen LogP contribution < -0.4 is 5.73 Å². The zero-order chi connectivity index (χ0) is 13.7. The van der Waals surface area contributed by atoms with Gasteiger partial charge in [-0.3, -0.25) is 9.69 Å². The number of likely N-dealkylation sites (N-methyl/N-ethyl adjacent to an activating group) is 1. The van der Waals surface area contributed by atoms with E-state index in [-0.39, 0.29) is 11.9 Å². The Morgan fingerprint density at radius 2 is 1.94 bits per heavy atom. The van der Waals surface area contributed by atoms with Gasteiger partial charge < -0.3 is 10.6 Å². The van der Waals surface area contributed by atoms with Crippen LogP contribution in [0.5, 0.6) is 0 Å². The minimum atomic E-state index is -0.0632. The topological polar surface area (TPSA) is 49.6 Å². The van der Waals surface area contributed by atoms with Crippen molar-refractivity contribution in [2.75, 3.05) is 19.6 Å². The number of thiocarbonyl (C=S) groups is 1. The Bertz CT molecular complexity index is 301. The largest absolute Gasteiger partial charge is 0.393 e. The van der Waals surface area contributed by atoms with Gasteiger partial charge in [0.2, 0.25) is 5.91 Å². The van der Waals surface area contributed by atoms with E-state index in [0.717, 1.165) is 19.6 Å². The number of nitrogens with two attached hydrogens (primary N) is 1. The lowest BCUT2D eigenvalue weighted by Crippen LogP contribution is -2.48. The van der Waals surface area contributed by atoms with Gasteiger partial charge in [0.05, 0.1) is 11.0 Å². The molecule has 0 aliphatic heterocycles. The second kappa shape index (κ2) is 7.04. The molecule has 0 aromatic heterocycles. The fraction of sp³-hybridized carbons (Fsp3) is 0.846. The Balaban J connectivity index is 2.60. The predicted molar refractivity (Wildman–Crippen MR) is 78.5 cm³/mol. The van der Waals surface area contributed by atoms with E-state index in [4.69, 9.17) is 18.0 Å². The summed E-state index contributed by atoms with van der Waals surface area (Å²) in [6.07, 6.45) is 3.07. The molecule has 0 radical (unpaired) electrons. The van der Waals surface area contributed by atoms with E-state index in [9.17, 15) is 4.79 Å². The van der Waals surface area contributed by atoms with E-state index >= 15 is 0 Å². The number of hydrogen-bond donors (Lipinski definition) is 1. The van der Waals surface area contributed by atoms with Crippen LogP contribution in [0, 0.1) is 0 Å². The number of carbonyl (C=O) groups excluding carboxylic acids is 1. The van der Waals surface area contributed by atoms with Crippen molar-refractivity contribution in [2.24, 2.45) is 5.73 Å². The van der Waals surface area contributed by atoms with Crippen molar-refractivity contribution >= 4 is 23.1 Å². The maximum atomic E-state index is 12.3. The lowest BCUT2D eigenvalue weighted by Gasteiger charge is -2.32. The molecule has 0 bridgehead atoms. The SMILES string of the molecule is CCN(CC)C(=O)C(C)N(CCC(N)=S)C1CC1. The summed E-state index contributed by atoms with van der Waals surface area (Å²) < 4.78 is 0. The molecule has 1 saturated carbocycles. The molecule has 2 N–H and O–H groups in total. The maximum Gasteiger partial charge on any atom is 0.239 e. The summed E-state index contributed by atoms with van der Waals surface area (Å²) in [7, 11) is 0. The van der Waals surface area contributed by atoms with Crippen molar-refractivity contribution in [2.45, 2.75) is 52.1 Å². The highest BCUT2D eigenvalue weighted by Gasteiger charge is 2.35. The lowest BCUT2D eigenvalue weighted by atomic mass is 10.2. The fourth-order valence-corrected chi connectivity index (χ4v) is 2.37. The van der Waals surface area contributed by atoms with Gasteiger partial charge in [-0.15, -0.1) is 0 Å². The smallest absolute Gasteiger partial charge is 0.239 e. The van der Waals surface area contributed by atoms with Crippen LogP contribution in [0.25, 0.3) is 0 Å². The van der Waals surface area contributed by atoms with Crippen LogP contribution in [-0.4, -0.2) is 52.4 Å². The van der Waals surface area contributed by atoms with Crippen LogP contribution in [-0.2, 0) is 4.79 Å². The molecule has 5 heteroatoms. The minimum absolute atomic E-state index is 0.0632. The van der Waals surface area contributed by atoms with Crippen LogP contribution in [0.2, 0.25) is 0 Å². The molecule has 4 nitrogen and oxygen atoms in total. The Morgan fingerprint density at radius 3 is 2.33 bits per heavy atom. The average molecular weight is 271 g/mol. The summed E-state index contributed by atoms with van der Waals surface area (Å²) in [5.41, 5.74) is 5.56. The van der Waals surface area contributed by atoms with E-state index in [2.05, 4.69) is 4.90 Å². The Labute approximate surface area is 115 Å². The highest BCUT2D eigenvalue weighted by Crippen LogP contribution is 2.29. The molecule has 0 heterocycles. The normalized spacial score (nSPS) is 16.7. The third kappa shape index (κ3) is 4.21. The van der Waals surface area contributed by atoms with Gasteiger partial charge in [-0.05, 0) is 33.6 Å². The summed E-state index contributed by atoms with van der Waals surface area (Å²) in [5.74, 6) is 0.217. The fourth-order valence-electron chi connectivity index (χ4n) is 2.28. The van der Waals surface area contributed by atoms with Crippen molar-refractivity contribution in [1.82, 2.24) is 9.80 Å². The van der Waals surface area contributed by atoms with E-state index in [1.54, 1.807) is 0 Å². The number of hydrogen-bond acceptors (Lipinski definition) is 3. The third-order valence-corrected chi connectivity index (χ3v) is 3.77. The van der Waals surface area contributed by atoms with Crippen LogP contribution in [0.15, 0.2) is 0 Å². The van der Waals surface area contributed by atoms with Crippen molar-refractivity contribution in [3.8, 4) is 0 Å². The summed E-state index contributed by atoms with van der Waals surface area (Å²) in [6.45, 7) is 8.38. The number of amides is 1. The van der Waals surface area contributed by atoms with Crippen LogP contribution in [0.1, 0.15) is 40.0 Å². The molecule has 1 amide bonds. The van der Waals surface area contributed by atoms with Crippen LogP contribution in [0.3, 0.4) is 0 Å². The highest BCUT2D eigenvalue weighted by atomic mass is 32.1. The first-order chi connectivity index (χ1) is 8.51. The Hall–Kier alpha value is -0.680. The second-order valence-electron chi connectivity index (χ2n) is 4.87. The minimum Gasteiger partial charge on any atom is -0.393 e. The Morgan fingerprint density at radius 1 is 1.39 bits per heavy atom. The van der Waals surface area contributed by atoms with Crippen molar-refractivity contribution in [3.05, 3.63) is 0 Å². The molecule has 1 atom stereocenters. The molecular weight excluding hydrogens is 246 g/mol. The predicted octanol–water partition coefficient (Wildman–Crippen LogP) is 1.38. The van der Waals surface area contributed by atoms with Gasteiger partial charge in [0.15, 0.2) is 0 Å². The summed E-state index contributed by atoms with van der Waals surface area (Å²) in [4.78, 5) is 17.0. The van der Waals surface area contributed by atoms with Gasteiger partial charge in [0.1, 0.15) is 0 Å². The number of nitrogens with zero attached hydrogens (tertiary/aromatic N) is 2. The molecule has 1 rings (SSSR count). The van der Waals surface area contributed by atoms with E-state index in [0.29, 0.717) is 17.5 Å². The first kappa shape index (κ1) is 15.4. The van der Waals surface area contributed by atoms with E-state index in [1.807, 2.05) is 25.7 Å². The van der Waals surface area contributed by atoms with Gasteiger partial charge >= 0.3 is 0 Å². The van der Waals surface area contributed by atoms with Gasteiger partial charge in [-0.25, -0.2) is 0 Å². The molecule has 1 fully saturated rings. The summed E-state index contributed by atoms with van der Waals surface area (Å²) >= 11 is 4.93. The highest BCUT2D eigenvalue weighted by molar-refractivity contribution is 7.80. The average Bonchev–Trinajstić information content (AvgIpc) is 3.14. The number of rotatable bonds is 8.